The quantitative estimate of drug-likeness (QED) is 0.845. The minimum atomic E-state index is 0.535. The molecule has 0 spiro atoms. The molecule has 3 nitrogen and oxygen atoms in total. The highest BCUT2D eigenvalue weighted by atomic mass is 35.5. The van der Waals surface area contributed by atoms with Crippen LogP contribution in [0.4, 0.5) is 5.69 Å². The molecule has 0 aliphatic rings. The zero-order valence-electron chi connectivity index (χ0n) is 12.2. The molecule has 0 amide bonds. The Balaban J connectivity index is 2.20. The van der Waals surface area contributed by atoms with Gasteiger partial charge in [-0.25, -0.2) is 0 Å². The van der Waals surface area contributed by atoms with Crippen LogP contribution in [0.15, 0.2) is 30.3 Å². The Bertz CT molecular complexity index is 644. The van der Waals surface area contributed by atoms with Crippen molar-refractivity contribution in [2.45, 2.75) is 13.5 Å². The maximum absolute atomic E-state index is 6.35. The fraction of sp³-hybridized carbons (Fsp3) is 0.250. The highest BCUT2D eigenvalue weighted by Crippen LogP contribution is 2.37. The molecule has 0 aromatic heterocycles. The van der Waals surface area contributed by atoms with Crippen LogP contribution in [0, 0.1) is 6.92 Å². The van der Waals surface area contributed by atoms with E-state index in [0.29, 0.717) is 28.1 Å². The van der Waals surface area contributed by atoms with Gasteiger partial charge in [0.2, 0.25) is 0 Å². The van der Waals surface area contributed by atoms with Crippen molar-refractivity contribution in [2.75, 3.05) is 19.5 Å². The SMILES string of the molecule is COc1ccc(CNc2ccc(C)cc2Cl)c(Cl)c1OC. The molecule has 0 saturated carbocycles. The second kappa shape index (κ2) is 6.92. The molecule has 2 aromatic carbocycles. The predicted molar refractivity (Wildman–Crippen MR) is 88.1 cm³/mol. The molecule has 0 heterocycles. The molecule has 0 bridgehead atoms. The van der Waals surface area contributed by atoms with E-state index in [1.165, 1.54) is 0 Å². The van der Waals surface area contributed by atoms with Crippen LogP contribution in [-0.2, 0) is 6.54 Å². The van der Waals surface area contributed by atoms with Crippen LogP contribution in [0.5, 0.6) is 11.5 Å². The van der Waals surface area contributed by atoms with Gasteiger partial charge >= 0.3 is 0 Å². The molecule has 0 aliphatic carbocycles. The van der Waals surface area contributed by atoms with Crippen molar-refractivity contribution in [1.29, 1.82) is 0 Å². The molecular weight excluding hydrogens is 309 g/mol. The van der Waals surface area contributed by atoms with E-state index in [9.17, 15) is 0 Å². The topological polar surface area (TPSA) is 30.5 Å². The van der Waals surface area contributed by atoms with Crippen molar-refractivity contribution < 1.29 is 9.47 Å². The Hall–Kier alpha value is -1.58. The van der Waals surface area contributed by atoms with Crippen LogP contribution < -0.4 is 14.8 Å². The van der Waals surface area contributed by atoms with Crippen molar-refractivity contribution in [2.24, 2.45) is 0 Å². The molecule has 2 rings (SSSR count). The maximum atomic E-state index is 6.35. The Morgan fingerprint density at radius 1 is 1.05 bits per heavy atom. The Labute approximate surface area is 134 Å². The number of anilines is 1. The monoisotopic (exact) mass is 325 g/mol. The van der Waals surface area contributed by atoms with E-state index in [0.717, 1.165) is 16.8 Å². The molecule has 2 aromatic rings. The van der Waals surface area contributed by atoms with Crippen molar-refractivity contribution in [3.63, 3.8) is 0 Å². The molecule has 0 radical (unpaired) electrons. The molecule has 0 fully saturated rings. The summed E-state index contributed by atoms with van der Waals surface area (Å²) in [4.78, 5) is 0. The number of methoxy groups -OCH3 is 2. The average molecular weight is 326 g/mol. The van der Waals surface area contributed by atoms with Gasteiger partial charge in [-0.15, -0.1) is 0 Å². The Morgan fingerprint density at radius 3 is 2.43 bits per heavy atom. The lowest BCUT2D eigenvalue weighted by atomic mass is 10.1. The molecule has 0 unspecified atom stereocenters. The summed E-state index contributed by atoms with van der Waals surface area (Å²) in [5, 5.41) is 4.49. The van der Waals surface area contributed by atoms with Crippen LogP contribution in [0.2, 0.25) is 10.0 Å². The number of hydrogen-bond acceptors (Lipinski definition) is 3. The van der Waals surface area contributed by atoms with E-state index >= 15 is 0 Å². The third kappa shape index (κ3) is 3.55. The van der Waals surface area contributed by atoms with Crippen LogP contribution in [0.25, 0.3) is 0 Å². The molecule has 5 heteroatoms. The number of nitrogens with one attached hydrogen (secondary N) is 1. The van der Waals surface area contributed by atoms with Crippen molar-refractivity contribution in [3.05, 3.63) is 51.5 Å². The van der Waals surface area contributed by atoms with Gasteiger partial charge in [-0.1, -0.05) is 35.3 Å². The third-order valence-electron chi connectivity index (χ3n) is 3.16. The first kappa shape index (κ1) is 15.8. The van der Waals surface area contributed by atoms with Crippen molar-refractivity contribution in [3.8, 4) is 11.5 Å². The first-order valence-corrected chi connectivity index (χ1v) is 7.21. The van der Waals surface area contributed by atoms with Gasteiger partial charge in [0.15, 0.2) is 11.5 Å². The smallest absolute Gasteiger partial charge is 0.179 e. The summed E-state index contributed by atoms with van der Waals surface area (Å²) in [5.74, 6) is 1.15. The summed E-state index contributed by atoms with van der Waals surface area (Å²) in [6, 6.07) is 9.61. The fourth-order valence-electron chi connectivity index (χ4n) is 2.02. The first-order valence-electron chi connectivity index (χ1n) is 6.46. The summed E-state index contributed by atoms with van der Waals surface area (Å²) in [6.45, 7) is 2.54. The average Bonchev–Trinajstić information content (AvgIpc) is 2.47. The van der Waals surface area contributed by atoms with E-state index in [1.54, 1.807) is 14.2 Å². The molecule has 112 valence electrons. The molecule has 21 heavy (non-hydrogen) atoms. The van der Waals surface area contributed by atoms with Crippen molar-refractivity contribution in [1.82, 2.24) is 0 Å². The van der Waals surface area contributed by atoms with Gasteiger partial charge in [0.1, 0.15) is 0 Å². The van der Waals surface area contributed by atoms with E-state index in [4.69, 9.17) is 32.7 Å². The van der Waals surface area contributed by atoms with Gasteiger partial charge in [-0.2, -0.15) is 0 Å². The fourth-order valence-corrected chi connectivity index (χ4v) is 2.62. The second-order valence-electron chi connectivity index (χ2n) is 4.61. The number of benzene rings is 2. The van der Waals surface area contributed by atoms with Gasteiger partial charge in [0.05, 0.1) is 30.0 Å². The van der Waals surface area contributed by atoms with Gasteiger partial charge < -0.3 is 14.8 Å². The number of aryl methyl sites for hydroxylation is 1. The minimum absolute atomic E-state index is 0.535. The predicted octanol–water partition coefficient (Wildman–Crippen LogP) is 4.93. The first-order chi connectivity index (χ1) is 10.1. The van der Waals surface area contributed by atoms with Crippen LogP contribution in [-0.4, -0.2) is 14.2 Å². The highest BCUT2D eigenvalue weighted by Gasteiger charge is 2.13. The van der Waals surface area contributed by atoms with E-state index < -0.39 is 0 Å². The normalized spacial score (nSPS) is 10.3. The molecule has 0 atom stereocenters. The van der Waals surface area contributed by atoms with Crippen LogP contribution in [0.3, 0.4) is 0 Å². The summed E-state index contributed by atoms with van der Waals surface area (Å²) < 4.78 is 10.5. The summed E-state index contributed by atoms with van der Waals surface area (Å²) in [6.07, 6.45) is 0. The van der Waals surface area contributed by atoms with E-state index in [-0.39, 0.29) is 0 Å². The molecule has 0 saturated heterocycles. The molecule has 0 aliphatic heterocycles. The summed E-state index contributed by atoms with van der Waals surface area (Å²) >= 11 is 12.5. The van der Waals surface area contributed by atoms with Gasteiger partial charge in [0.25, 0.3) is 0 Å². The Morgan fingerprint density at radius 2 is 1.81 bits per heavy atom. The van der Waals surface area contributed by atoms with Gasteiger partial charge in [-0.05, 0) is 36.2 Å². The number of hydrogen-bond donors (Lipinski definition) is 1. The number of halogens is 2. The minimum Gasteiger partial charge on any atom is -0.493 e. The lowest BCUT2D eigenvalue weighted by Gasteiger charge is -2.14. The van der Waals surface area contributed by atoms with Gasteiger partial charge in [0, 0.05) is 6.54 Å². The summed E-state index contributed by atoms with van der Waals surface area (Å²) in [5.41, 5.74) is 2.90. The van der Waals surface area contributed by atoms with E-state index in [2.05, 4.69) is 5.32 Å². The molecular formula is C16H17Cl2NO2. The Kier molecular flexibility index (Phi) is 5.21. The largest absolute Gasteiger partial charge is 0.493 e. The van der Waals surface area contributed by atoms with Crippen LogP contribution in [0.1, 0.15) is 11.1 Å². The van der Waals surface area contributed by atoms with E-state index in [1.807, 2.05) is 37.3 Å². The highest BCUT2D eigenvalue weighted by molar-refractivity contribution is 6.33. The number of rotatable bonds is 5. The standard InChI is InChI=1S/C16H17Cl2NO2/c1-10-4-6-13(12(17)8-10)19-9-11-5-7-14(20-2)16(21-3)15(11)18/h4-8,19H,9H2,1-3H3. The molecule has 1 N–H and O–H groups in total. The van der Waals surface area contributed by atoms with Crippen molar-refractivity contribution >= 4 is 28.9 Å². The second-order valence-corrected chi connectivity index (χ2v) is 5.40. The lowest BCUT2D eigenvalue weighted by Crippen LogP contribution is -2.02. The lowest BCUT2D eigenvalue weighted by molar-refractivity contribution is 0.355. The summed E-state index contributed by atoms with van der Waals surface area (Å²) in [7, 11) is 3.15. The van der Waals surface area contributed by atoms with Crippen LogP contribution >= 0.6 is 23.2 Å². The maximum Gasteiger partial charge on any atom is 0.179 e. The zero-order chi connectivity index (χ0) is 15.4. The van der Waals surface area contributed by atoms with Gasteiger partial charge in [-0.3, -0.25) is 0 Å². The third-order valence-corrected chi connectivity index (χ3v) is 3.89. The number of ether oxygens (including phenoxy) is 2. The zero-order valence-corrected chi connectivity index (χ0v) is 13.7.